The van der Waals surface area contributed by atoms with E-state index in [0.717, 1.165) is 43.9 Å². The number of carbonyl (C=O) groups is 2. The van der Waals surface area contributed by atoms with Crippen LogP contribution in [0, 0.1) is 17.3 Å². The van der Waals surface area contributed by atoms with Crippen molar-refractivity contribution in [3.63, 3.8) is 0 Å². The molecule has 3 N–H and O–H groups in total. The van der Waals surface area contributed by atoms with Gasteiger partial charge in [0.25, 0.3) is 0 Å². The third-order valence-electron chi connectivity index (χ3n) is 7.56. The molecule has 0 aromatic carbocycles. The summed E-state index contributed by atoms with van der Waals surface area (Å²) >= 11 is 1.63. The van der Waals surface area contributed by atoms with E-state index in [0.29, 0.717) is 23.3 Å². The number of amides is 2. The van der Waals surface area contributed by atoms with Crippen molar-refractivity contribution in [1.29, 1.82) is 0 Å². The molecule has 162 valence electrons. The van der Waals surface area contributed by atoms with Crippen LogP contribution in [0.4, 0.5) is 0 Å². The zero-order valence-corrected chi connectivity index (χ0v) is 19.1. The van der Waals surface area contributed by atoms with E-state index in [1.807, 2.05) is 4.90 Å². The minimum Gasteiger partial charge on any atom is -0.341 e. The van der Waals surface area contributed by atoms with E-state index in [1.54, 1.807) is 25.6 Å². The minimum absolute atomic E-state index is 0.0177. The average Bonchev–Trinajstić information content (AvgIpc) is 3.24. The second-order valence-electron chi connectivity index (χ2n) is 11.0. The van der Waals surface area contributed by atoms with Crippen molar-refractivity contribution in [2.24, 2.45) is 28.0 Å². The molecule has 0 aromatic rings. The van der Waals surface area contributed by atoms with E-state index in [4.69, 9.17) is 10.7 Å². The van der Waals surface area contributed by atoms with Gasteiger partial charge in [0, 0.05) is 13.1 Å². The summed E-state index contributed by atoms with van der Waals surface area (Å²) in [5.74, 6) is 1.26. The first kappa shape index (κ1) is 21.2. The lowest BCUT2D eigenvalue weighted by Gasteiger charge is -2.37. The summed E-state index contributed by atoms with van der Waals surface area (Å²) in [4.78, 5) is 32.0. The largest absolute Gasteiger partial charge is 0.341 e. The summed E-state index contributed by atoms with van der Waals surface area (Å²) in [7, 11) is 0. The fraction of sp³-hybridized carbons (Fsp3) is 0.864. The Morgan fingerprint density at radius 2 is 1.97 bits per heavy atom. The first-order valence-electron chi connectivity index (χ1n) is 11.1. The molecule has 0 radical (unpaired) electrons. The van der Waals surface area contributed by atoms with Crippen molar-refractivity contribution in [3.8, 4) is 0 Å². The first-order chi connectivity index (χ1) is 13.5. The van der Waals surface area contributed by atoms with Gasteiger partial charge in [-0.15, -0.1) is 0 Å². The number of thioether (sulfide) groups is 1. The Hall–Kier alpha value is -1.08. The smallest absolute Gasteiger partial charge is 0.242 e. The van der Waals surface area contributed by atoms with Crippen molar-refractivity contribution in [2.75, 3.05) is 13.1 Å². The maximum absolute atomic E-state index is 12.8. The van der Waals surface area contributed by atoms with Gasteiger partial charge in [0.1, 0.15) is 0 Å². The van der Waals surface area contributed by atoms with Gasteiger partial charge in [-0.2, -0.15) is 0 Å². The summed E-state index contributed by atoms with van der Waals surface area (Å²) in [6.45, 7) is 9.43. The summed E-state index contributed by atoms with van der Waals surface area (Å²) in [5.41, 5.74) is 5.62. The van der Waals surface area contributed by atoms with Crippen molar-refractivity contribution >= 4 is 28.7 Å². The van der Waals surface area contributed by atoms with Crippen LogP contribution in [0.25, 0.3) is 0 Å². The van der Waals surface area contributed by atoms with Crippen LogP contribution in [-0.2, 0) is 9.59 Å². The number of piperidine rings is 1. The van der Waals surface area contributed by atoms with Crippen LogP contribution in [0.5, 0.6) is 0 Å². The van der Waals surface area contributed by atoms with Gasteiger partial charge in [-0.1, -0.05) is 18.7 Å². The highest BCUT2D eigenvalue weighted by Gasteiger charge is 2.49. The number of fused-ring (bicyclic) bond motifs is 2. The zero-order valence-electron chi connectivity index (χ0n) is 18.3. The number of nitrogens with zero attached hydrogens (tertiary/aromatic N) is 2. The Labute approximate surface area is 178 Å². The van der Waals surface area contributed by atoms with Gasteiger partial charge in [-0.3, -0.25) is 14.6 Å². The highest BCUT2D eigenvalue weighted by molar-refractivity contribution is 8.16. The van der Waals surface area contributed by atoms with Crippen LogP contribution >= 0.6 is 11.8 Å². The molecular formula is C22H36N4O2S. The predicted molar refractivity (Wildman–Crippen MR) is 118 cm³/mol. The lowest BCUT2D eigenvalue weighted by molar-refractivity contribution is -0.137. The van der Waals surface area contributed by atoms with E-state index in [-0.39, 0.29) is 11.8 Å². The number of amidine groups is 1. The van der Waals surface area contributed by atoms with E-state index in [2.05, 4.69) is 19.2 Å². The number of likely N-dealkylation sites (tertiary alicyclic amines) is 1. The fourth-order valence-electron chi connectivity index (χ4n) is 5.86. The van der Waals surface area contributed by atoms with E-state index in [9.17, 15) is 9.59 Å². The molecule has 4 rings (SSSR count). The Balaban J connectivity index is 1.33. The average molecular weight is 421 g/mol. The van der Waals surface area contributed by atoms with Crippen LogP contribution in [0.3, 0.4) is 0 Å². The van der Waals surface area contributed by atoms with Crippen LogP contribution < -0.4 is 11.1 Å². The number of carbonyl (C=O) groups excluding carboxylic acids is 2. The summed E-state index contributed by atoms with van der Waals surface area (Å²) in [6.07, 6.45) is 7.77. The topological polar surface area (TPSA) is 87.8 Å². The van der Waals surface area contributed by atoms with Crippen molar-refractivity contribution < 1.29 is 9.59 Å². The molecule has 2 aliphatic carbocycles. The molecule has 0 spiro atoms. The molecule has 29 heavy (non-hydrogen) atoms. The third kappa shape index (κ3) is 4.22. The molecule has 2 aliphatic heterocycles. The van der Waals surface area contributed by atoms with Gasteiger partial charge in [0.15, 0.2) is 5.17 Å². The van der Waals surface area contributed by atoms with Gasteiger partial charge < -0.3 is 16.0 Å². The Kier molecular flexibility index (Phi) is 5.30. The molecule has 2 saturated carbocycles. The van der Waals surface area contributed by atoms with Crippen molar-refractivity contribution in [1.82, 2.24) is 10.2 Å². The molecule has 2 unspecified atom stereocenters. The highest BCUT2D eigenvalue weighted by Crippen LogP contribution is 2.55. The van der Waals surface area contributed by atoms with Gasteiger partial charge >= 0.3 is 0 Å². The standard InChI is InChI=1S/C22H36N4O2S/c1-20(2,23)18(28)26-9-6-14(7-10-26)11-22(4)17(27)25-19(29-22)24-16-13-21(3)8-5-15(16)12-21/h14-16H,5-13,23H2,1-4H3,(H,24,25,27)/t15?,16-,21+,22?/m0/s1. The van der Waals surface area contributed by atoms with Crippen LogP contribution in [-0.4, -0.2) is 51.3 Å². The van der Waals surface area contributed by atoms with Gasteiger partial charge in [-0.05, 0) is 83.0 Å². The Bertz CT molecular complexity index is 725. The number of rotatable bonds is 4. The highest BCUT2D eigenvalue weighted by atomic mass is 32.2. The minimum atomic E-state index is -0.817. The molecule has 2 bridgehead atoms. The SMILES string of the molecule is CC(C)(N)C(=O)N1CCC(CC2(C)SC(=N[C@H]3C[C@]4(C)CCC3C4)NC2=O)CC1. The van der Waals surface area contributed by atoms with Crippen molar-refractivity contribution in [3.05, 3.63) is 0 Å². The van der Waals surface area contributed by atoms with E-state index >= 15 is 0 Å². The summed E-state index contributed by atoms with van der Waals surface area (Å²) in [5, 5.41) is 3.90. The van der Waals surface area contributed by atoms with E-state index < -0.39 is 10.3 Å². The molecule has 2 amide bonds. The number of aliphatic imine (C=N–C) groups is 1. The number of hydrogen-bond acceptors (Lipinski definition) is 5. The molecular weight excluding hydrogens is 384 g/mol. The molecule has 4 atom stereocenters. The molecule has 2 heterocycles. The molecule has 2 saturated heterocycles. The Morgan fingerprint density at radius 1 is 1.28 bits per heavy atom. The van der Waals surface area contributed by atoms with Crippen molar-refractivity contribution in [2.45, 2.75) is 89.0 Å². The van der Waals surface area contributed by atoms with Crippen LogP contribution in [0.15, 0.2) is 4.99 Å². The van der Waals surface area contributed by atoms with Crippen LogP contribution in [0.1, 0.15) is 72.6 Å². The molecule has 4 fully saturated rings. The lowest BCUT2D eigenvalue weighted by Crippen LogP contribution is -2.53. The second-order valence-corrected chi connectivity index (χ2v) is 12.5. The van der Waals surface area contributed by atoms with E-state index in [1.165, 1.54) is 19.3 Å². The number of hydrogen-bond donors (Lipinski definition) is 2. The summed E-state index contributed by atoms with van der Waals surface area (Å²) in [6, 6.07) is 0.382. The number of nitrogens with one attached hydrogen (secondary N) is 1. The third-order valence-corrected chi connectivity index (χ3v) is 8.76. The predicted octanol–water partition coefficient (Wildman–Crippen LogP) is 2.91. The zero-order chi connectivity index (χ0) is 21.0. The molecule has 7 heteroatoms. The van der Waals surface area contributed by atoms with Gasteiger partial charge in [0.05, 0.1) is 16.3 Å². The van der Waals surface area contributed by atoms with Crippen LogP contribution in [0.2, 0.25) is 0 Å². The number of nitrogens with two attached hydrogens (primary N) is 1. The molecule has 6 nitrogen and oxygen atoms in total. The first-order valence-corrected chi connectivity index (χ1v) is 12.0. The van der Waals surface area contributed by atoms with Gasteiger partial charge in [0.2, 0.25) is 11.8 Å². The quantitative estimate of drug-likeness (QED) is 0.732. The molecule has 0 aromatic heterocycles. The monoisotopic (exact) mass is 420 g/mol. The normalized spacial score (nSPS) is 39.4. The maximum Gasteiger partial charge on any atom is 0.242 e. The lowest BCUT2D eigenvalue weighted by atomic mass is 9.85. The Morgan fingerprint density at radius 3 is 2.52 bits per heavy atom. The maximum atomic E-state index is 12.8. The fourth-order valence-corrected chi connectivity index (χ4v) is 7.09. The second kappa shape index (κ2) is 7.26. The van der Waals surface area contributed by atoms with Gasteiger partial charge in [-0.25, -0.2) is 0 Å². The molecule has 4 aliphatic rings. The summed E-state index contributed by atoms with van der Waals surface area (Å²) < 4.78 is -0.454.